The van der Waals surface area contributed by atoms with Crippen LogP contribution in [0.25, 0.3) is 0 Å². The molecule has 138 valence electrons. The van der Waals surface area contributed by atoms with Gasteiger partial charge in [0.05, 0.1) is 11.6 Å². The van der Waals surface area contributed by atoms with Crippen LogP contribution >= 0.6 is 27.5 Å². The summed E-state index contributed by atoms with van der Waals surface area (Å²) in [6.45, 7) is 3.65. The summed E-state index contributed by atoms with van der Waals surface area (Å²) in [6.07, 6.45) is 2.81. The van der Waals surface area contributed by atoms with Crippen molar-refractivity contribution in [3.8, 4) is 5.75 Å². The predicted octanol–water partition coefficient (Wildman–Crippen LogP) is 3.53. The molecule has 0 aliphatic carbocycles. The van der Waals surface area contributed by atoms with E-state index in [1.807, 2.05) is 6.07 Å². The first kappa shape index (κ1) is 20.0. The van der Waals surface area contributed by atoms with Crippen LogP contribution in [0, 0.1) is 0 Å². The van der Waals surface area contributed by atoms with E-state index in [4.69, 9.17) is 21.1 Å². The Kier molecular flexibility index (Phi) is 7.23. The Labute approximate surface area is 164 Å². The van der Waals surface area contributed by atoms with E-state index in [1.165, 1.54) is 10.8 Å². The van der Waals surface area contributed by atoms with Gasteiger partial charge in [0.2, 0.25) is 0 Å². The Balaban J connectivity index is 1.94. The lowest BCUT2D eigenvalue weighted by atomic mass is 10.3. The maximum atomic E-state index is 12.1. The second-order valence-electron chi connectivity index (χ2n) is 5.12. The SMILES string of the molecule is CCOC(=O)/C=C(\C)NC(=O)c1ccn(COc2ccc(Br)cc2Cl)n1. The molecule has 0 saturated heterocycles. The number of ether oxygens (including phenoxy) is 2. The lowest BCUT2D eigenvalue weighted by molar-refractivity contribution is -0.137. The first-order valence-corrected chi connectivity index (χ1v) is 8.84. The van der Waals surface area contributed by atoms with Crippen LogP contribution in [0.3, 0.4) is 0 Å². The molecular weight excluding hydrogens is 426 g/mol. The number of nitrogens with zero attached hydrogens (tertiary/aromatic N) is 2. The van der Waals surface area contributed by atoms with Crippen LogP contribution < -0.4 is 10.1 Å². The molecule has 0 spiro atoms. The maximum absolute atomic E-state index is 12.1. The summed E-state index contributed by atoms with van der Waals surface area (Å²) in [5, 5.41) is 7.15. The van der Waals surface area contributed by atoms with Gasteiger partial charge in [-0.1, -0.05) is 27.5 Å². The molecule has 0 radical (unpaired) electrons. The van der Waals surface area contributed by atoms with E-state index in [2.05, 4.69) is 26.3 Å². The molecule has 0 aliphatic heterocycles. The van der Waals surface area contributed by atoms with Crippen LogP contribution in [0.1, 0.15) is 24.3 Å². The highest BCUT2D eigenvalue weighted by Gasteiger charge is 2.11. The average Bonchev–Trinajstić information content (AvgIpc) is 3.03. The smallest absolute Gasteiger partial charge is 0.332 e. The molecule has 0 fully saturated rings. The molecule has 9 heteroatoms. The minimum absolute atomic E-state index is 0.0896. The third-order valence-electron chi connectivity index (χ3n) is 3.05. The van der Waals surface area contributed by atoms with Gasteiger partial charge in [0.15, 0.2) is 12.4 Å². The molecule has 0 aliphatic rings. The molecule has 2 rings (SSSR count). The number of rotatable bonds is 7. The van der Waals surface area contributed by atoms with Gasteiger partial charge in [0.25, 0.3) is 5.91 Å². The summed E-state index contributed by atoms with van der Waals surface area (Å²) in [6, 6.07) is 6.80. The fourth-order valence-corrected chi connectivity index (χ4v) is 2.65. The van der Waals surface area contributed by atoms with E-state index in [-0.39, 0.29) is 19.0 Å². The first-order valence-electron chi connectivity index (χ1n) is 7.66. The number of benzene rings is 1. The van der Waals surface area contributed by atoms with Gasteiger partial charge in [0.1, 0.15) is 5.75 Å². The third kappa shape index (κ3) is 5.89. The lowest BCUT2D eigenvalue weighted by Crippen LogP contribution is -2.23. The summed E-state index contributed by atoms with van der Waals surface area (Å²) in [4.78, 5) is 23.5. The van der Waals surface area contributed by atoms with Crippen LogP contribution in [0.15, 0.2) is 46.7 Å². The summed E-state index contributed by atoms with van der Waals surface area (Å²) in [5.74, 6) is -0.455. The molecular formula is C17H17BrClN3O4. The molecule has 1 heterocycles. The molecule has 0 bridgehead atoms. The van der Waals surface area contributed by atoms with Crippen molar-refractivity contribution in [2.75, 3.05) is 6.61 Å². The fraction of sp³-hybridized carbons (Fsp3) is 0.235. The third-order valence-corrected chi connectivity index (χ3v) is 3.84. The highest BCUT2D eigenvalue weighted by atomic mass is 79.9. The van der Waals surface area contributed by atoms with E-state index in [0.29, 0.717) is 16.5 Å². The maximum Gasteiger partial charge on any atom is 0.332 e. The number of carbonyl (C=O) groups is 2. The molecule has 1 amide bonds. The van der Waals surface area contributed by atoms with E-state index in [1.54, 1.807) is 38.2 Å². The quantitative estimate of drug-likeness (QED) is 0.524. The fourth-order valence-electron chi connectivity index (χ4n) is 1.92. The van der Waals surface area contributed by atoms with Gasteiger partial charge in [-0.25, -0.2) is 9.48 Å². The number of carbonyl (C=O) groups excluding carboxylic acids is 2. The lowest BCUT2D eigenvalue weighted by Gasteiger charge is -2.08. The van der Waals surface area contributed by atoms with Gasteiger partial charge >= 0.3 is 5.97 Å². The van der Waals surface area contributed by atoms with Crippen molar-refractivity contribution in [3.63, 3.8) is 0 Å². The topological polar surface area (TPSA) is 82.5 Å². The number of esters is 1. The molecule has 0 unspecified atom stereocenters. The first-order chi connectivity index (χ1) is 12.4. The van der Waals surface area contributed by atoms with Crippen molar-refractivity contribution in [2.24, 2.45) is 0 Å². The van der Waals surface area contributed by atoms with Crippen molar-refractivity contribution in [2.45, 2.75) is 20.6 Å². The van der Waals surface area contributed by atoms with Crippen LogP contribution in [-0.2, 0) is 16.3 Å². The van der Waals surface area contributed by atoms with Crippen molar-refractivity contribution in [1.29, 1.82) is 0 Å². The second kappa shape index (κ2) is 9.40. The Hall–Kier alpha value is -2.32. The molecule has 0 saturated carbocycles. The molecule has 1 aromatic heterocycles. The van der Waals surface area contributed by atoms with E-state index < -0.39 is 11.9 Å². The Morgan fingerprint density at radius 2 is 2.15 bits per heavy atom. The zero-order valence-electron chi connectivity index (χ0n) is 14.2. The van der Waals surface area contributed by atoms with Crippen LogP contribution in [-0.4, -0.2) is 28.3 Å². The van der Waals surface area contributed by atoms with E-state index in [9.17, 15) is 9.59 Å². The summed E-state index contributed by atoms with van der Waals surface area (Å²) >= 11 is 9.40. The summed E-state index contributed by atoms with van der Waals surface area (Å²) < 4.78 is 12.7. The van der Waals surface area contributed by atoms with Crippen molar-refractivity contribution < 1.29 is 19.1 Å². The van der Waals surface area contributed by atoms with Crippen LogP contribution in [0.2, 0.25) is 5.02 Å². The van der Waals surface area contributed by atoms with E-state index >= 15 is 0 Å². The minimum atomic E-state index is -0.518. The van der Waals surface area contributed by atoms with Crippen LogP contribution in [0.5, 0.6) is 5.75 Å². The van der Waals surface area contributed by atoms with Crippen molar-refractivity contribution in [1.82, 2.24) is 15.1 Å². The molecule has 1 aromatic carbocycles. The number of aromatic nitrogens is 2. The monoisotopic (exact) mass is 441 g/mol. The molecule has 2 aromatic rings. The molecule has 7 nitrogen and oxygen atoms in total. The number of halogens is 2. The van der Waals surface area contributed by atoms with Crippen molar-refractivity contribution in [3.05, 3.63) is 57.4 Å². The Morgan fingerprint density at radius 1 is 1.38 bits per heavy atom. The van der Waals surface area contributed by atoms with E-state index in [0.717, 1.165) is 4.47 Å². The molecule has 26 heavy (non-hydrogen) atoms. The number of amides is 1. The zero-order valence-corrected chi connectivity index (χ0v) is 16.5. The van der Waals surface area contributed by atoms with Crippen molar-refractivity contribution >= 4 is 39.4 Å². The van der Waals surface area contributed by atoms with Gasteiger partial charge in [0, 0.05) is 22.4 Å². The van der Waals surface area contributed by atoms with Gasteiger partial charge in [-0.05, 0) is 38.1 Å². The highest BCUT2D eigenvalue weighted by Crippen LogP contribution is 2.27. The summed E-state index contributed by atoms with van der Waals surface area (Å²) in [5.41, 5.74) is 0.549. The van der Waals surface area contributed by atoms with Gasteiger partial charge in [-0.2, -0.15) is 5.10 Å². The number of nitrogens with one attached hydrogen (secondary N) is 1. The van der Waals surface area contributed by atoms with Gasteiger partial charge in [-0.3, -0.25) is 4.79 Å². The Bertz CT molecular complexity index is 835. The number of hydrogen-bond donors (Lipinski definition) is 1. The predicted molar refractivity (Wildman–Crippen MR) is 99.9 cm³/mol. The largest absolute Gasteiger partial charge is 0.470 e. The van der Waals surface area contributed by atoms with Gasteiger partial charge in [-0.15, -0.1) is 0 Å². The highest BCUT2D eigenvalue weighted by molar-refractivity contribution is 9.10. The summed E-state index contributed by atoms with van der Waals surface area (Å²) in [7, 11) is 0. The molecule has 1 N–H and O–H groups in total. The average molecular weight is 443 g/mol. The standard InChI is InChI=1S/C17H17BrClN3O4/c1-3-25-16(23)8-11(2)20-17(24)14-6-7-22(21-14)10-26-15-5-4-12(18)9-13(15)19/h4-9H,3,10H2,1-2H3,(H,20,24)/b11-8+. The normalized spacial score (nSPS) is 11.2. The second-order valence-corrected chi connectivity index (χ2v) is 6.45. The van der Waals surface area contributed by atoms with Crippen LogP contribution in [0.4, 0.5) is 0 Å². The zero-order chi connectivity index (χ0) is 19.1. The minimum Gasteiger partial charge on any atom is -0.470 e. The Morgan fingerprint density at radius 3 is 2.85 bits per heavy atom. The number of hydrogen-bond acceptors (Lipinski definition) is 5. The number of allylic oxidation sites excluding steroid dienone is 1. The van der Waals surface area contributed by atoms with Gasteiger partial charge < -0.3 is 14.8 Å². The molecule has 0 atom stereocenters.